The largest absolute Gasteiger partial charge is 0.379 e. The van der Waals surface area contributed by atoms with Crippen molar-refractivity contribution < 1.29 is 13.2 Å². The number of H-pyrrole nitrogens is 1. The van der Waals surface area contributed by atoms with Gasteiger partial charge >= 0.3 is 10.2 Å². The number of anilines is 1. The molecule has 1 aliphatic heterocycles. The van der Waals surface area contributed by atoms with Gasteiger partial charge in [0.05, 0.1) is 13.2 Å². The lowest BCUT2D eigenvalue weighted by atomic mass is 10.5. The molecule has 84 valence electrons. The van der Waals surface area contributed by atoms with E-state index in [-0.39, 0.29) is 5.95 Å². The highest BCUT2D eigenvalue weighted by atomic mass is 32.2. The predicted octanol–water partition coefficient (Wildman–Crippen LogP) is -0.601. The number of rotatable bonds is 3. The van der Waals surface area contributed by atoms with Crippen molar-refractivity contribution in [3.05, 3.63) is 12.4 Å². The van der Waals surface area contributed by atoms with Crippen LogP contribution < -0.4 is 4.72 Å². The summed E-state index contributed by atoms with van der Waals surface area (Å²) in [4.78, 5) is 6.47. The van der Waals surface area contributed by atoms with Crippen molar-refractivity contribution in [1.29, 1.82) is 0 Å². The van der Waals surface area contributed by atoms with Crippen LogP contribution in [0.5, 0.6) is 0 Å². The van der Waals surface area contributed by atoms with Crippen molar-refractivity contribution in [2.24, 2.45) is 0 Å². The fourth-order valence-corrected chi connectivity index (χ4v) is 2.41. The van der Waals surface area contributed by atoms with Crippen LogP contribution in [0.25, 0.3) is 0 Å². The number of aromatic amines is 1. The number of nitrogens with one attached hydrogen (secondary N) is 2. The molecule has 2 N–H and O–H groups in total. The summed E-state index contributed by atoms with van der Waals surface area (Å²) in [5.74, 6) is 0.224. The number of ether oxygens (including phenoxy) is 1. The number of nitrogens with zero attached hydrogens (tertiary/aromatic N) is 2. The Morgan fingerprint density at radius 1 is 1.47 bits per heavy atom. The highest BCUT2D eigenvalue weighted by molar-refractivity contribution is 7.90. The van der Waals surface area contributed by atoms with E-state index in [0.717, 1.165) is 0 Å². The second-order valence-electron chi connectivity index (χ2n) is 3.06. The number of hydrogen-bond donors (Lipinski definition) is 2. The summed E-state index contributed by atoms with van der Waals surface area (Å²) in [6.45, 7) is 1.60. The predicted molar refractivity (Wildman–Crippen MR) is 53.5 cm³/mol. The first kappa shape index (κ1) is 10.4. The van der Waals surface area contributed by atoms with E-state index >= 15 is 0 Å². The van der Waals surface area contributed by atoms with E-state index in [1.807, 2.05) is 0 Å². The summed E-state index contributed by atoms with van der Waals surface area (Å²) in [5, 5.41) is 0. The highest BCUT2D eigenvalue weighted by Crippen LogP contribution is 2.07. The Morgan fingerprint density at radius 2 is 2.20 bits per heavy atom. The molecule has 8 heteroatoms. The smallest absolute Gasteiger partial charge is 0.304 e. The van der Waals surface area contributed by atoms with Gasteiger partial charge in [-0.25, -0.2) is 9.71 Å². The van der Waals surface area contributed by atoms with Crippen molar-refractivity contribution >= 4 is 16.2 Å². The molecule has 0 atom stereocenters. The van der Waals surface area contributed by atoms with Gasteiger partial charge in [-0.2, -0.15) is 12.7 Å². The maximum atomic E-state index is 11.8. The Balaban J connectivity index is 2.05. The molecule has 0 radical (unpaired) electrons. The summed E-state index contributed by atoms with van der Waals surface area (Å²) >= 11 is 0. The lowest BCUT2D eigenvalue weighted by molar-refractivity contribution is 0.0733. The van der Waals surface area contributed by atoms with E-state index in [4.69, 9.17) is 4.74 Å². The van der Waals surface area contributed by atoms with Gasteiger partial charge in [0.15, 0.2) is 0 Å². The van der Waals surface area contributed by atoms with Gasteiger partial charge in [-0.05, 0) is 0 Å². The van der Waals surface area contributed by atoms with Crippen molar-refractivity contribution in [2.75, 3.05) is 31.0 Å². The second-order valence-corrected chi connectivity index (χ2v) is 4.73. The summed E-state index contributed by atoms with van der Waals surface area (Å²) in [7, 11) is -3.50. The van der Waals surface area contributed by atoms with Gasteiger partial charge in [0, 0.05) is 25.5 Å². The first-order chi connectivity index (χ1) is 7.18. The van der Waals surface area contributed by atoms with Crippen LogP contribution in [0.3, 0.4) is 0 Å². The Labute approximate surface area is 87.6 Å². The van der Waals surface area contributed by atoms with Crippen LogP contribution in [0, 0.1) is 0 Å². The van der Waals surface area contributed by atoms with Crippen LogP contribution in [-0.4, -0.2) is 49.0 Å². The van der Waals surface area contributed by atoms with E-state index in [2.05, 4.69) is 14.7 Å². The van der Waals surface area contributed by atoms with Crippen molar-refractivity contribution in [1.82, 2.24) is 14.3 Å². The van der Waals surface area contributed by atoms with Crippen LogP contribution in [0.2, 0.25) is 0 Å². The molecule has 0 spiro atoms. The third-order valence-corrected chi connectivity index (χ3v) is 3.53. The molecule has 15 heavy (non-hydrogen) atoms. The third kappa shape index (κ3) is 2.46. The SMILES string of the molecule is O=S(=O)(Nc1ncc[nH]1)N1CCOCC1. The van der Waals surface area contributed by atoms with Crippen LogP contribution >= 0.6 is 0 Å². The Bertz CT molecular complexity index is 396. The minimum absolute atomic E-state index is 0.224. The summed E-state index contributed by atoms with van der Waals surface area (Å²) in [6, 6.07) is 0. The van der Waals surface area contributed by atoms with Gasteiger partial charge in [0.2, 0.25) is 5.95 Å². The van der Waals surface area contributed by atoms with Crippen molar-refractivity contribution in [3.63, 3.8) is 0 Å². The molecule has 0 aromatic carbocycles. The molecule has 1 fully saturated rings. The molecule has 0 aliphatic carbocycles. The molecule has 0 unspecified atom stereocenters. The fourth-order valence-electron chi connectivity index (χ4n) is 1.29. The first-order valence-corrected chi connectivity index (χ1v) is 5.97. The van der Waals surface area contributed by atoms with Gasteiger partial charge in [-0.15, -0.1) is 0 Å². The number of aromatic nitrogens is 2. The van der Waals surface area contributed by atoms with Gasteiger partial charge in [0.25, 0.3) is 0 Å². The van der Waals surface area contributed by atoms with Crippen LogP contribution in [0.4, 0.5) is 5.95 Å². The number of imidazole rings is 1. The highest BCUT2D eigenvalue weighted by Gasteiger charge is 2.24. The van der Waals surface area contributed by atoms with E-state index < -0.39 is 10.2 Å². The third-order valence-electron chi connectivity index (χ3n) is 2.03. The Kier molecular flexibility index (Phi) is 2.89. The zero-order valence-electron chi connectivity index (χ0n) is 8.01. The number of morpholine rings is 1. The minimum atomic E-state index is -3.50. The molecule has 1 aliphatic rings. The van der Waals surface area contributed by atoms with Crippen molar-refractivity contribution in [2.45, 2.75) is 0 Å². The van der Waals surface area contributed by atoms with Crippen LogP contribution in [0.15, 0.2) is 12.4 Å². The molecule has 0 saturated carbocycles. The van der Waals surface area contributed by atoms with E-state index in [1.165, 1.54) is 10.5 Å². The molecule has 0 amide bonds. The lowest BCUT2D eigenvalue weighted by Gasteiger charge is -2.25. The number of hydrogen-bond acceptors (Lipinski definition) is 4. The monoisotopic (exact) mass is 232 g/mol. The molecule has 1 saturated heterocycles. The van der Waals surface area contributed by atoms with E-state index in [9.17, 15) is 8.42 Å². The molecular formula is C7H12N4O3S. The van der Waals surface area contributed by atoms with Crippen LogP contribution in [-0.2, 0) is 14.9 Å². The Morgan fingerprint density at radius 3 is 2.80 bits per heavy atom. The van der Waals surface area contributed by atoms with Crippen LogP contribution in [0.1, 0.15) is 0 Å². The zero-order chi connectivity index (χ0) is 10.7. The van der Waals surface area contributed by atoms with Gasteiger partial charge in [0.1, 0.15) is 0 Å². The standard InChI is InChI=1S/C7H12N4O3S/c12-15(13,10-7-8-1-2-9-7)11-3-5-14-6-4-11/h1-2H,3-6H2,(H2,8,9,10). The zero-order valence-corrected chi connectivity index (χ0v) is 8.83. The first-order valence-electron chi connectivity index (χ1n) is 4.53. The molecule has 0 bridgehead atoms. The summed E-state index contributed by atoms with van der Waals surface area (Å²) in [6.07, 6.45) is 3.04. The molecular weight excluding hydrogens is 220 g/mol. The Hall–Kier alpha value is -1.12. The van der Waals surface area contributed by atoms with Gasteiger partial charge in [-0.3, -0.25) is 0 Å². The van der Waals surface area contributed by atoms with Gasteiger partial charge < -0.3 is 9.72 Å². The molecule has 1 aromatic heterocycles. The van der Waals surface area contributed by atoms with Gasteiger partial charge in [-0.1, -0.05) is 0 Å². The average Bonchev–Trinajstić information content (AvgIpc) is 2.71. The van der Waals surface area contributed by atoms with E-state index in [0.29, 0.717) is 26.3 Å². The quantitative estimate of drug-likeness (QED) is 0.728. The molecule has 2 rings (SSSR count). The molecule has 1 aromatic rings. The van der Waals surface area contributed by atoms with Crippen molar-refractivity contribution in [3.8, 4) is 0 Å². The second kappa shape index (κ2) is 4.17. The maximum absolute atomic E-state index is 11.8. The minimum Gasteiger partial charge on any atom is -0.379 e. The summed E-state index contributed by atoms with van der Waals surface area (Å²) in [5.41, 5.74) is 0. The molecule has 2 heterocycles. The average molecular weight is 232 g/mol. The van der Waals surface area contributed by atoms with E-state index in [1.54, 1.807) is 6.20 Å². The molecule has 7 nitrogen and oxygen atoms in total. The fraction of sp³-hybridized carbons (Fsp3) is 0.571. The maximum Gasteiger partial charge on any atom is 0.304 e. The normalized spacial score (nSPS) is 18.9. The summed E-state index contributed by atoms with van der Waals surface area (Å²) < 4.78 is 32.3. The lowest BCUT2D eigenvalue weighted by Crippen LogP contribution is -2.43. The topological polar surface area (TPSA) is 87.3 Å².